The molecule has 1 aromatic heterocycles. The lowest BCUT2D eigenvalue weighted by Crippen LogP contribution is -2.40. The van der Waals surface area contributed by atoms with Crippen molar-refractivity contribution >= 4 is 41.5 Å². The first-order valence-electron chi connectivity index (χ1n) is 9.88. The Morgan fingerprint density at radius 3 is 2.93 bits per heavy atom. The summed E-state index contributed by atoms with van der Waals surface area (Å²) in [6, 6.07) is 7.79. The Kier molecular flexibility index (Phi) is 9.71. The maximum atomic E-state index is 6.13. The van der Waals surface area contributed by atoms with Crippen LogP contribution < -0.4 is 5.32 Å². The number of halogens is 2. The number of aromatic nitrogens is 2. The second-order valence-electron chi connectivity index (χ2n) is 7.30. The van der Waals surface area contributed by atoms with Crippen molar-refractivity contribution in [3.05, 3.63) is 52.8 Å². The van der Waals surface area contributed by atoms with Gasteiger partial charge in [-0.15, -0.1) is 24.0 Å². The summed E-state index contributed by atoms with van der Waals surface area (Å²) >= 11 is 6.13. The maximum absolute atomic E-state index is 6.13. The van der Waals surface area contributed by atoms with Crippen LogP contribution in [0.2, 0.25) is 5.02 Å². The summed E-state index contributed by atoms with van der Waals surface area (Å²) in [5.41, 5.74) is 2.35. The Hall–Kier alpha value is -1.32. The van der Waals surface area contributed by atoms with Crippen LogP contribution in [0, 0.1) is 5.92 Å². The van der Waals surface area contributed by atoms with Gasteiger partial charge >= 0.3 is 0 Å². The van der Waals surface area contributed by atoms with Gasteiger partial charge in [-0.2, -0.15) is 5.10 Å². The fourth-order valence-electron chi connectivity index (χ4n) is 3.72. The molecule has 6 nitrogen and oxygen atoms in total. The summed E-state index contributed by atoms with van der Waals surface area (Å²) in [5.74, 6) is 1.58. The molecule has 1 aromatic carbocycles. The Balaban J connectivity index is 0.00000300. The van der Waals surface area contributed by atoms with E-state index in [1.54, 1.807) is 7.11 Å². The standard InChI is InChI=1S/C21H30ClN5O.HI/c1-4-23-21(24-13-20(28-3)18-6-5-7-19(22)11-18)27-9-8-16(15-27)10-17-12-25-26(2)14-17;/h5-7,11-12,14,16,20H,4,8-10,13,15H2,1-3H3,(H,23,24);1H. The molecule has 0 spiro atoms. The van der Waals surface area contributed by atoms with Crippen LogP contribution in [0.25, 0.3) is 0 Å². The van der Waals surface area contributed by atoms with Crippen molar-refractivity contribution in [1.29, 1.82) is 0 Å². The normalized spacial score (nSPS) is 17.9. The molecular weight excluding hydrogens is 501 g/mol. The molecule has 2 aromatic rings. The summed E-state index contributed by atoms with van der Waals surface area (Å²) in [7, 11) is 3.68. The Bertz CT molecular complexity index is 797. The number of rotatable bonds is 7. The van der Waals surface area contributed by atoms with Gasteiger partial charge in [0.05, 0.1) is 12.7 Å². The highest BCUT2D eigenvalue weighted by Crippen LogP contribution is 2.23. The zero-order chi connectivity index (χ0) is 19.9. The highest BCUT2D eigenvalue weighted by atomic mass is 127. The Labute approximate surface area is 195 Å². The summed E-state index contributed by atoms with van der Waals surface area (Å²) < 4.78 is 7.53. The zero-order valence-corrected chi connectivity index (χ0v) is 20.4. The third kappa shape index (κ3) is 6.86. The third-order valence-corrected chi connectivity index (χ3v) is 5.35. The second-order valence-corrected chi connectivity index (χ2v) is 7.74. The largest absolute Gasteiger partial charge is 0.375 e. The van der Waals surface area contributed by atoms with Crippen LogP contribution in [0.3, 0.4) is 0 Å². The lowest BCUT2D eigenvalue weighted by atomic mass is 10.0. The van der Waals surface area contributed by atoms with Crippen molar-refractivity contribution < 1.29 is 4.74 Å². The molecule has 0 amide bonds. The monoisotopic (exact) mass is 531 g/mol. The fraction of sp³-hybridized carbons (Fsp3) is 0.524. The van der Waals surface area contributed by atoms with Gasteiger partial charge in [0, 0.05) is 45.0 Å². The van der Waals surface area contributed by atoms with Gasteiger partial charge in [-0.1, -0.05) is 23.7 Å². The number of hydrogen-bond donors (Lipinski definition) is 1. The van der Waals surface area contributed by atoms with Crippen LogP contribution in [0.1, 0.15) is 30.6 Å². The van der Waals surface area contributed by atoms with Crippen molar-refractivity contribution in [2.75, 3.05) is 33.3 Å². The minimum absolute atomic E-state index is 0. The average Bonchev–Trinajstić information content (AvgIpc) is 3.31. The molecule has 29 heavy (non-hydrogen) atoms. The molecule has 0 radical (unpaired) electrons. The van der Waals surface area contributed by atoms with E-state index in [-0.39, 0.29) is 30.1 Å². The molecule has 1 fully saturated rings. The van der Waals surface area contributed by atoms with Gasteiger partial charge in [0.15, 0.2) is 5.96 Å². The molecule has 0 aliphatic carbocycles. The predicted molar refractivity (Wildman–Crippen MR) is 129 cm³/mol. The number of methoxy groups -OCH3 is 1. The molecular formula is C21H31ClIN5O. The molecule has 0 saturated carbocycles. The smallest absolute Gasteiger partial charge is 0.194 e. The van der Waals surface area contributed by atoms with E-state index in [9.17, 15) is 0 Å². The average molecular weight is 532 g/mol. The van der Waals surface area contributed by atoms with Gasteiger partial charge in [0.25, 0.3) is 0 Å². The molecule has 8 heteroatoms. The molecule has 160 valence electrons. The molecule has 1 saturated heterocycles. The van der Waals surface area contributed by atoms with E-state index in [0.29, 0.717) is 17.5 Å². The van der Waals surface area contributed by atoms with E-state index in [1.165, 1.54) is 12.0 Å². The van der Waals surface area contributed by atoms with Crippen molar-refractivity contribution in [3.8, 4) is 0 Å². The zero-order valence-electron chi connectivity index (χ0n) is 17.3. The van der Waals surface area contributed by atoms with Crippen LogP contribution >= 0.6 is 35.6 Å². The first kappa shape index (κ1) is 24.0. The topological polar surface area (TPSA) is 54.7 Å². The Morgan fingerprint density at radius 1 is 1.45 bits per heavy atom. The van der Waals surface area contributed by atoms with Crippen molar-refractivity contribution in [2.24, 2.45) is 18.0 Å². The number of hydrogen-bond acceptors (Lipinski definition) is 3. The molecule has 2 heterocycles. The van der Waals surface area contributed by atoms with E-state index in [2.05, 4.69) is 28.4 Å². The van der Waals surface area contributed by atoms with Crippen LogP contribution in [0.5, 0.6) is 0 Å². The first-order chi connectivity index (χ1) is 13.6. The first-order valence-corrected chi connectivity index (χ1v) is 10.3. The highest BCUT2D eigenvalue weighted by molar-refractivity contribution is 14.0. The summed E-state index contributed by atoms with van der Waals surface area (Å²) in [6.07, 6.45) is 6.20. The van der Waals surface area contributed by atoms with Crippen LogP contribution in [0.4, 0.5) is 0 Å². The number of aryl methyl sites for hydroxylation is 1. The summed E-state index contributed by atoms with van der Waals surface area (Å²) in [6.45, 7) is 5.53. The van der Waals surface area contributed by atoms with Gasteiger partial charge in [-0.05, 0) is 48.9 Å². The second kappa shape index (κ2) is 11.8. The van der Waals surface area contributed by atoms with Crippen molar-refractivity contribution in [1.82, 2.24) is 20.0 Å². The number of nitrogens with zero attached hydrogens (tertiary/aromatic N) is 4. The molecule has 2 unspecified atom stereocenters. The van der Waals surface area contributed by atoms with Gasteiger partial charge in [0.1, 0.15) is 6.10 Å². The molecule has 0 bridgehead atoms. The fourth-order valence-corrected chi connectivity index (χ4v) is 3.92. The van der Waals surface area contributed by atoms with Crippen LogP contribution in [-0.2, 0) is 18.2 Å². The number of nitrogens with one attached hydrogen (secondary N) is 1. The van der Waals surface area contributed by atoms with Crippen molar-refractivity contribution in [3.63, 3.8) is 0 Å². The highest BCUT2D eigenvalue weighted by Gasteiger charge is 2.25. The number of benzene rings is 1. The van der Waals surface area contributed by atoms with Gasteiger partial charge < -0.3 is 15.0 Å². The van der Waals surface area contributed by atoms with Gasteiger partial charge in [0.2, 0.25) is 0 Å². The molecule has 1 N–H and O–H groups in total. The van der Waals surface area contributed by atoms with E-state index < -0.39 is 0 Å². The number of ether oxygens (including phenoxy) is 1. The SMILES string of the molecule is CCNC(=NCC(OC)c1cccc(Cl)c1)N1CCC(Cc2cnn(C)c2)C1.I. The molecule has 2 atom stereocenters. The third-order valence-electron chi connectivity index (χ3n) is 5.11. The predicted octanol–water partition coefficient (Wildman–Crippen LogP) is 3.91. The van der Waals surface area contributed by atoms with Gasteiger partial charge in [-0.3, -0.25) is 9.67 Å². The van der Waals surface area contributed by atoms with E-state index in [0.717, 1.165) is 37.6 Å². The minimum atomic E-state index is -0.110. The minimum Gasteiger partial charge on any atom is -0.375 e. The quantitative estimate of drug-likeness (QED) is 0.334. The van der Waals surface area contributed by atoms with Crippen LogP contribution in [-0.4, -0.2) is 53.9 Å². The van der Waals surface area contributed by atoms with Gasteiger partial charge in [-0.25, -0.2) is 0 Å². The van der Waals surface area contributed by atoms with E-state index in [1.807, 2.05) is 42.2 Å². The lowest BCUT2D eigenvalue weighted by molar-refractivity contribution is 0.110. The van der Waals surface area contributed by atoms with E-state index in [4.69, 9.17) is 21.3 Å². The molecule has 3 rings (SSSR count). The number of likely N-dealkylation sites (tertiary alicyclic amines) is 1. The number of aliphatic imine (C=N–C) groups is 1. The van der Waals surface area contributed by atoms with Crippen molar-refractivity contribution in [2.45, 2.75) is 25.9 Å². The lowest BCUT2D eigenvalue weighted by Gasteiger charge is -2.23. The van der Waals surface area contributed by atoms with E-state index >= 15 is 0 Å². The summed E-state index contributed by atoms with van der Waals surface area (Å²) in [4.78, 5) is 7.22. The molecule has 1 aliphatic heterocycles. The number of guanidine groups is 1. The molecule has 1 aliphatic rings. The Morgan fingerprint density at radius 2 is 2.28 bits per heavy atom. The van der Waals surface area contributed by atoms with Crippen LogP contribution in [0.15, 0.2) is 41.7 Å². The summed E-state index contributed by atoms with van der Waals surface area (Å²) in [5, 5.41) is 8.43. The maximum Gasteiger partial charge on any atom is 0.194 e.